The molecule has 5 amide bonds. The fourth-order valence-corrected chi connectivity index (χ4v) is 5.59. The Kier molecular flexibility index (Phi) is 35.3. The Hall–Kier alpha value is -4.36. The van der Waals surface area contributed by atoms with Crippen molar-refractivity contribution in [3.05, 3.63) is 0 Å². The average Bonchev–Trinajstić information content (AvgIpc) is 3.17. The number of amides is 5. The van der Waals surface area contributed by atoms with Gasteiger partial charge in [-0.15, -0.1) is 0 Å². The highest BCUT2D eigenvalue weighted by Gasteiger charge is 2.24. The number of rotatable bonds is 42. The van der Waals surface area contributed by atoms with Crippen molar-refractivity contribution in [3.63, 3.8) is 0 Å². The van der Waals surface area contributed by atoms with Crippen LogP contribution in [0.1, 0.15) is 128 Å². The standard InChI is InChI=1S/C39H69N5O14/c45-30-40-29-36(49)44-32(39(54)55)28-35(48)42-20-16-22-57-24-26-58-25-23-56-21-15-19-41-34(47)27-31(38(52)53)43-33(46)17-13-11-9-7-5-3-1-2-4-6-8-10-12-14-18-37(50)51/h30-32H,1-29H2,(H,40,45)(H,41,47)(H,42,48)(H,43,46)(H,44,49)(H,50,51)(H,52,53)(H,54,55)/t31-,32-/m0/s1. The predicted molar refractivity (Wildman–Crippen MR) is 212 cm³/mol. The van der Waals surface area contributed by atoms with Crippen molar-refractivity contribution >= 4 is 47.9 Å². The van der Waals surface area contributed by atoms with Crippen molar-refractivity contribution in [2.75, 3.05) is 59.3 Å². The van der Waals surface area contributed by atoms with Crippen LogP contribution in [0.25, 0.3) is 0 Å². The lowest BCUT2D eigenvalue weighted by atomic mass is 10.0. The molecule has 0 bridgehead atoms. The molecule has 19 nitrogen and oxygen atoms in total. The van der Waals surface area contributed by atoms with Gasteiger partial charge >= 0.3 is 17.9 Å². The van der Waals surface area contributed by atoms with Gasteiger partial charge in [0.05, 0.1) is 45.8 Å². The normalized spacial score (nSPS) is 11.9. The highest BCUT2D eigenvalue weighted by atomic mass is 16.5. The summed E-state index contributed by atoms with van der Waals surface area (Å²) >= 11 is 0. The maximum Gasteiger partial charge on any atom is 0.326 e. The van der Waals surface area contributed by atoms with Crippen molar-refractivity contribution in [1.29, 1.82) is 0 Å². The molecular weight excluding hydrogens is 762 g/mol. The number of carboxylic acid groups (broad SMARTS) is 3. The number of hydrogen-bond donors (Lipinski definition) is 8. The molecule has 334 valence electrons. The number of unbranched alkanes of at least 4 members (excludes halogenated alkanes) is 13. The van der Waals surface area contributed by atoms with Crippen molar-refractivity contribution in [3.8, 4) is 0 Å². The van der Waals surface area contributed by atoms with Crippen LogP contribution in [0.4, 0.5) is 0 Å². The lowest BCUT2D eigenvalue weighted by Crippen LogP contribution is -2.46. The summed E-state index contributed by atoms with van der Waals surface area (Å²) in [6, 6.07) is -2.72. The zero-order valence-electron chi connectivity index (χ0n) is 34.1. The summed E-state index contributed by atoms with van der Waals surface area (Å²) in [5, 5.41) is 39.2. The summed E-state index contributed by atoms with van der Waals surface area (Å²) in [6.45, 7) is 2.06. The SMILES string of the molecule is O=CNCC(=O)N[C@@H](CC(=O)NCCCOCCOCCOCCCNC(=O)C[C@H](NC(=O)CCCCCCCCCCCCCCCCC(=O)O)C(=O)O)C(=O)O. The zero-order valence-corrected chi connectivity index (χ0v) is 34.1. The lowest BCUT2D eigenvalue weighted by Gasteiger charge is -2.14. The lowest BCUT2D eigenvalue weighted by molar-refractivity contribution is -0.143. The van der Waals surface area contributed by atoms with Crippen LogP contribution in [-0.2, 0) is 52.6 Å². The van der Waals surface area contributed by atoms with Crippen molar-refractivity contribution in [1.82, 2.24) is 26.6 Å². The molecule has 58 heavy (non-hydrogen) atoms. The Morgan fingerprint density at radius 2 is 0.810 bits per heavy atom. The number of carboxylic acids is 3. The van der Waals surface area contributed by atoms with E-state index in [1.807, 2.05) is 0 Å². The topological polar surface area (TPSA) is 285 Å². The molecule has 0 aliphatic heterocycles. The highest BCUT2D eigenvalue weighted by molar-refractivity contribution is 5.90. The average molecular weight is 832 g/mol. The van der Waals surface area contributed by atoms with E-state index in [2.05, 4.69) is 26.6 Å². The van der Waals surface area contributed by atoms with E-state index in [4.69, 9.17) is 24.4 Å². The third kappa shape index (κ3) is 36.0. The van der Waals surface area contributed by atoms with Gasteiger partial charge < -0.3 is 56.1 Å². The van der Waals surface area contributed by atoms with E-state index in [0.29, 0.717) is 65.3 Å². The molecule has 0 aliphatic rings. The van der Waals surface area contributed by atoms with Crippen LogP contribution in [0.2, 0.25) is 0 Å². The molecule has 0 saturated heterocycles. The molecule has 0 aromatic carbocycles. The molecule has 8 N–H and O–H groups in total. The first kappa shape index (κ1) is 53.6. The first-order chi connectivity index (χ1) is 28.0. The minimum absolute atomic E-state index is 0.215. The first-order valence-electron chi connectivity index (χ1n) is 20.7. The highest BCUT2D eigenvalue weighted by Crippen LogP contribution is 2.14. The van der Waals surface area contributed by atoms with Gasteiger partial charge in [-0.05, 0) is 25.7 Å². The molecule has 0 aromatic rings. The fourth-order valence-electron chi connectivity index (χ4n) is 5.59. The molecule has 0 aliphatic carbocycles. The number of nitrogens with one attached hydrogen (secondary N) is 5. The Labute approximate surface area is 341 Å². The van der Waals surface area contributed by atoms with Crippen molar-refractivity contribution < 1.29 is 67.9 Å². The smallest absolute Gasteiger partial charge is 0.326 e. The monoisotopic (exact) mass is 831 g/mol. The van der Waals surface area contributed by atoms with E-state index < -0.39 is 60.7 Å². The van der Waals surface area contributed by atoms with E-state index in [9.17, 15) is 43.5 Å². The summed E-state index contributed by atoms with van der Waals surface area (Å²) in [5.41, 5.74) is 0. The van der Waals surface area contributed by atoms with Gasteiger partial charge in [0, 0.05) is 39.1 Å². The molecule has 0 heterocycles. The summed E-state index contributed by atoms with van der Waals surface area (Å²) < 4.78 is 16.3. The van der Waals surface area contributed by atoms with Gasteiger partial charge in [-0.25, -0.2) is 9.59 Å². The maximum absolute atomic E-state index is 12.3. The van der Waals surface area contributed by atoms with Crippen LogP contribution in [0.5, 0.6) is 0 Å². The Bertz CT molecular complexity index is 1180. The second-order valence-corrected chi connectivity index (χ2v) is 13.9. The largest absolute Gasteiger partial charge is 0.481 e. The second-order valence-electron chi connectivity index (χ2n) is 13.9. The third-order valence-corrected chi connectivity index (χ3v) is 8.76. The van der Waals surface area contributed by atoms with Crippen LogP contribution in [0, 0.1) is 0 Å². The molecule has 0 rings (SSSR count). The Balaban J connectivity index is 3.72. The number of carbonyl (C=O) groups excluding carboxylic acids is 5. The Morgan fingerprint density at radius 3 is 1.19 bits per heavy atom. The van der Waals surface area contributed by atoms with E-state index in [1.165, 1.54) is 38.5 Å². The zero-order chi connectivity index (χ0) is 43.1. The molecule has 0 fully saturated rings. The summed E-state index contributed by atoms with van der Waals surface area (Å²) in [4.78, 5) is 91.7. The van der Waals surface area contributed by atoms with Crippen LogP contribution in [-0.4, -0.2) is 135 Å². The van der Waals surface area contributed by atoms with Gasteiger partial charge in [0.2, 0.25) is 30.0 Å². The van der Waals surface area contributed by atoms with Gasteiger partial charge in [-0.1, -0.05) is 77.0 Å². The van der Waals surface area contributed by atoms with Crippen molar-refractivity contribution in [2.45, 2.75) is 141 Å². The first-order valence-corrected chi connectivity index (χ1v) is 20.7. The fraction of sp³-hybridized carbons (Fsp3) is 0.795. The van der Waals surface area contributed by atoms with Crippen LogP contribution in [0.3, 0.4) is 0 Å². The number of carbonyl (C=O) groups is 8. The van der Waals surface area contributed by atoms with E-state index in [1.54, 1.807) is 0 Å². The quantitative estimate of drug-likeness (QED) is 0.0323. The number of aliphatic carboxylic acids is 3. The van der Waals surface area contributed by atoms with Gasteiger partial charge in [-0.3, -0.25) is 28.8 Å². The molecule has 0 radical (unpaired) electrons. The summed E-state index contributed by atoms with van der Waals surface area (Å²) in [5.74, 6) is -5.52. The van der Waals surface area contributed by atoms with Crippen LogP contribution in [0.15, 0.2) is 0 Å². The molecular formula is C39H69N5O14. The van der Waals surface area contributed by atoms with Crippen molar-refractivity contribution in [2.24, 2.45) is 0 Å². The number of ether oxygens (including phenoxy) is 3. The van der Waals surface area contributed by atoms with E-state index in [0.717, 1.165) is 44.9 Å². The van der Waals surface area contributed by atoms with Crippen LogP contribution < -0.4 is 26.6 Å². The minimum Gasteiger partial charge on any atom is -0.481 e. The second kappa shape index (κ2) is 38.2. The van der Waals surface area contributed by atoms with E-state index >= 15 is 0 Å². The summed E-state index contributed by atoms with van der Waals surface area (Å²) in [6.07, 6.45) is 15.8. The van der Waals surface area contributed by atoms with Gasteiger partial charge in [0.1, 0.15) is 12.1 Å². The predicted octanol–water partition coefficient (Wildman–Crippen LogP) is 2.04. The molecule has 2 atom stereocenters. The summed E-state index contributed by atoms with van der Waals surface area (Å²) in [7, 11) is 0. The third-order valence-electron chi connectivity index (χ3n) is 8.76. The van der Waals surface area contributed by atoms with E-state index in [-0.39, 0.29) is 38.3 Å². The molecule has 19 heteroatoms. The molecule has 0 saturated carbocycles. The van der Waals surface area contributed by atoms with Gasteiger partial charge in [0.25, 0.3) is 0 Å². The number of hydrogen-bond acceptors (Lipinski definition) is 11. The molecule has 0 aromatic heterocycles. The van der Waals surface area contributed by atoms with Gasteiger partial charge in [-0.2, -0.15) is 0 Å². The Morgan fingerprint density at radius 1 is 0.448 bits per heavy atom. The molecule has 0 spiro atoms. The van der Waals surface area contributed by atoms with Gasteiger partial charge in [0.15, 0.2) is 0 Å². The van der Waals surface area contributed by atoms with Crippen LogP contribution >= 0.6 is 0 Å². The maximum atomic E-state index is 12.3. The molecule has 0 unspecified atom stereocenters. The minimum atomic E-state index is -1.42.